The molecule has 0 aliphatic carbocycles. The highest BCUT2D eigenvalue weighted by Crippen LogP contribution is 2.20. The highest BCUT2D eigenvalue weighted by Gasteiger charge is 2.12. The summed E-state index contributed by atoms with van der Waals surface area (Å²) in [5.74, 6) is -0.104. The molecule has 2 aromatic carbocycles. The molecule has 3 N–H and O–H groups in total. The van der Waals surface area contributed by atoms with Gasteiger partial charge in [-0.25, -0.2) is 0 Å². The van der Waals surface area contributed by atoms with E-state index in [1.54, 1.807) is 24.3 Å². The third-order valence-corrected chi connectivity index (χ3v) is 4.53. The van der Waals surface area contributed by atoms with E-state index in [-0.39, 0.29) is 5.91 Å². The summed E-state index contributed by atoms with van der Waals surface area (Å²) < 4.78 is 0. The summed E-state index contributed by atoms with van der Waals surface area (Å²) in [7, 11) is 0. The van der Waals surface area contributed by atoms with Crippen LogP contribution in [0.3, 0.4) is 0 Å². The van der Waals surface area contributed by atoms with E-state index in [1.165, 1.54) is 18.5 Å². The van der Waals surface area contributed by atoms with Crippen LogP contribution in [0.25, 0.3) is 0 Å². The second-order valence-corrected chi connectivity index (χ2v) is 6.42. The number of hydrogen-bond donors (Lipinski definition) is 2. The molecule has 4 nitrogen and oxygen atoms in total. The summed E-state index contributed by atoms with van der Waals surface area (Å²) in [6.45, 7) is 2.78. The Morgan fingerprint density at radius 1 is 1.00 bits per heavy atom. The van der Waals surface area contributed by atoms with Crippen LogP contribution in [0, 0.1) is 0 Å². The van der Waals surface area contributed by atoms with Gasteiger partial charge in [0, 0.05) is 36.4 Å². The topological polar surface area (TPSA) is 58.4 Å². The lowest BCUT2D eigenvalue weighted by atomic mass is 10.1. The van der Waals surface area contributed by atoms with Crippen LogP contribution < -0.4 is 16.0 Å². The molecule has 0 bridgehead atoms. The molecule has 0 radical (unpaired) electrons. The molecule has 0 aromatic heterocycles. The number of anilines is 1. The highest BCUT2D eigenvalue weighted by atomic mass is 32.1. The molecule has 1 fully saturated rings. The molecule has 24 heavy (non-hydrogen) atoms. The Hall–Kier alpha value is -2.40. The number of nitrogens with zero attached hydrogens (tertiary/aromatic N) is 1. The fraction of sp³-hybridized carbons (Fsp3) is 0.263. The van der Waals surface area contributed by atoms with Gasteiger partial charge in [-0.3, -0.25) is 4.79 Å². The van der Waals surface area contributed by atoms with Crippen molar-refractivity contribution in [1.82, 2.24) is 5.32 Å². The van der Waals surface area contributed by atoms with Crippen LogP contribution in [0.15, 0.2) is 48.5 Å². The summed E-state index contributed by atoms with van der Waals surface area (Å²) in [5.41, 5.74) is 9.27. The Bertz CT molecular complexity index is 719. The molecule has 0 atom stereocenters. The van der Waals surface area contributed by atoms with Crippen LogP contribution in [-0.2, 0) is 6.54 Å². The molecule has 1 aliphatic heterocycles. The zero-order chi connectivity index (χ0) is 16.9. The first-order valence-corrected chi connectivity index (χ1v) is 8.56. The summed E-state index contributed by atoms with van der Waals surface area (Å²) >= 11 is 4.91. The van der Waals surface area contributed by atoms with Crippen LogP contribution in [0.1, 0.15) is 34.3 Å². The summed E-state index contributed by atoms with van der Waals surface area (Å²) in [5, 5.41) is 2.94. The third-order valence-electron chi connectivity index (χ3n) is 4.29. The first kappa shape index (κ1) is 16.5. The van der Waals surface area contributed by atoms with Gasteiger partial charge in [-0.1, -0.05) is 36.5 Å². The van der Waals surface area contributed by atoms with E-state index in [0.29, 0.717) is 17.1 Å². The van der Waals surface area contributed by atoms with Gasteiger partial charge in [-0.15, -0.1) is 0 Å². The largest absolute Gasteiger partial charge is 0.389 e. The highest BCUT2D eigenvalue weighted by molar-refractivity contribution is 7.80. The molecule has 124 valence electrons. The Morgan fingerprint density at radius 2 is 1.58 bits per heavy atom. The zero-order valence-electron chi connectivity index (χ0n) is 13.5. The van der Waals surface area contributed by atoms with E-state index < -0.39 is 0 Å². The number of benzene rings is 2. The van der Waals surface area contributed by atoms with Gasteiger partial charge in [0.05, 0.1) is 0 Å². The maximum absolute atomic E-state index is 12.2. The number of amides is 1. The monoisotopic (exact) mass is 339 g/mol. The molecular weight excluding hydrogens is 318 g/mol. The minimum Gasteiger partial charge on any atom is -0.389 e. The van der Waals surface area contributed by atoms with Gasteiger partial charge in [0.25, 0.3) is 5.91 Å². The van der Waals surface area contributed by atoms with Crippen LogP contribution in [0.5, 0.6) is 0 Å². The van der Waals surface area contributed by atoms with Crippen molar-refractivity contribution in [2.45, 2.75) is 19.4 Å². The molecule has 0 spiro atoms. The Kier molecular flexibility index (Phi) is 5.11. The number of carbonyl (C=O) groups excluding carboxylic acids is 1. The van der Waals surface area contributed by atoms with Gasteiger partial charge < -0.3 is 16.0 Å². The van der Waals surface area contributed by atoms with E-state index in [0.717, 1.165) is 24.2 Å². The molecule has 5 heteroatoms. The molecule has 2 aromatic rings. The molecule has 1 amide bonds. The minimum atomic E-state index is -0.104. The maximum atomic E-state index is 12.2. The van der Waals surface area contributed by atoms with Crippen molar-refractivity contribution in [3.8, 4) is 0 Å². The minimum absolute atomic E-state index is 0.104. The van der Waals surface area contributed by atoms with Crippen molar-refractivity contribution in [3.63, 3.8) is 0 Å². The summed E-state index contributed by atoms with van der Waals surface area (Å²) in [4.78, 5) is 14.9. The maximum Gasteiger partial charge on any atom is 0.251 e. The quantitative estimate of drug-likeness (QED) is 0.823. The van der Waals surface area contributed by atoms with Crippen molar-refractivity contribution in [1.29, 1.82) is 0 Å². The van der Waals surface area contributed by atoms with Gasteiger partial charge in [0.1, 0.15) is 4.99 Å². The predicted molar refractivity (Wildman–Crippen MR) is 101 cm³/mol. The van der Waals surface area contributed by atoms with E-state index in [2.05, 4.69) is 34.5 Å². The Balaban J connectivity index is 1.56. The van der Waals surface area contributed by atoms with Crippen LogP contribution in [-0.4, -0.2) is 24.0 Å². The van der Waals surface area contributed by atoms with E-state index >= 15 is 0 Å². The lowest BCUT2D eigenvalue weighted by molar-refractivity contribution is 0.0951. The van der Waals surface area contributed by atoms with E-state index in [1.807, 2.05) is 0 Å². The standard InChI is InChI=1S/C19H21N3OS/c20-18(24)15-5-7-16(8-6-15)19(23)21-13-14-3-9-17(10-4-14)22-11-1-2-12-22/h3-10H,1-2,11-13H2,(H2,20,24)(H,21,23). The lowest BCUT2D eigenvalue weighted by Crippen LogP contribution is -2.23. The van der Waals surface area contributed by atoms with E-state index in [4.69, 9.17) is 18.0 Å². The Morgan fingerprint density at radius 3 is 2.17 bits per heavy atom. The van der Waals surface area contributed by atoms with Gasteiger partial charge >= 0.3 is 0 Å². The number of carbonyl (C=O) groups is 1. The second-order valence-electron chi connectivity index (χ2n) is 5.98. The lowest BCUT2D eigenvalue weighted by Gasteiger charge is -2.17. The summed E-state index contributed by atoms with van der Waals surface area (Å²) in [6, 6.07) is 15.4. The average Bonchev–Trinajstić information content (AvgIpc) is 3.15. The van der Waals surface area contributed by atoms with Gasteiger partial charge in [0.15, 0.2) is 0 Å². The van der Waals surface area contributed by atoms with Gasteiger partial charge in [-0.2, -0.15) is 0 Å². The predicted octanol–water partition coefficient (Wildman–Crippen LogP) is 2.85. The number of rotatable bonds is 5. The summed E-state index contributed by atoms with van der Waals surface area (Å²) in [6.07, 6.45) is 2.54. The Labute approximate surface area is 147 Å². The molecular formula is C19H21N3OS. The van der Waals surface area contributed by atoms with Crippen LogP contribution in [0.2, 0.25) is 0 Å². The first-order chi connectivity index (χ1) is 11.6. The van der Waals surface area contributed by atoms with Gasteiger partial charge in [0.2, 0.25) is 0 Å². The van der Waals surface area contributed by atoms with Gasteiger partial charge in [-0.05, 0) is 42.7 Å². The smallest absolute Gasteiger partial charge is 0.251 e. The molecule has 0 saturated carbocycles. The number of thiocarbonyl (C=S) groups is 1. The van der Waals surface area contributed by atoms with Crippen molar-refractivity contribution in [2.75, 3.05) is 18.0 Å². The van der Waals surface area contributed by atoms with Crippen molar-refractivity contribution >= 4 is 28.8 Å². The van der Waals surface area contributed by atoms with Crippen LogP contribution in [0.4, 0.5) is 5.69 Å². The second kappa shape index (κ2) is 7.45. The van der Waals surface area contributed by atoms with Crippen molar-refractivity contribution < 1.29 is 4.79 Å². The molecule has 1 aliphatic rings. The normalized spacial score (nSPS) is 13.8. The molecule has 1 heterocycles. The average molecular weight is 339 g/mol. The molecule has 1 saturated heterocycles. The first-order valence-electron chi connectivity index (χ1n) is 8.15. The third kappa shape index (κ3) is 3.92. The molecule has 3 rings (SSSR count). The SMILES string of the molecule is NC(=S)c1ccc(C(=O)NCc2ccc(N3CCCC3)cc2)cc1. The van der Waals surface area contributed by atoms with E-state index in [9.17, 15) is 4.79 Å². The molecule has 0 unspecified atom stereocenters. The number of nitrogens with two attached hydrogens (primary N) is 1. The van der Waals surface area contributed by atoms with Crippen molar-refractivity contribution in [2.24, 2.45) is 5.73 Å². The van der Waals surface area contributed by atoms with Crippen LogP contribution >= 0.6 is 12.2 Å². The zero-order valence-corrected chi connectivity index (χ0v) is 14.3. The fourth-order valence-corrected chi connectivity index (χ4v) is 3.01. The number of nitrogens with one attached hydrogen (secondary N) is 1. The van der Waals surface area contributed by atoms with Crippen molar-refractivity contribution in [3.05, 3.63) is 65.2 Å². The number of hydrogen-bond acceptors (Lipinski definition) is 3. The fourth-order valence-electron chi connectivity index (χ4n) is 2.87.